The number of ether oxygens (including phenoxy) is 1. The van der Waals surface area contributed by atoms with E-state index in [0.717, 1.165) is 36.5 Å². The van der Waals surface area contributed by atoms with Gasteiger partial charge in [-0.3, -0.25) is 0 Å². The second-order valence-electron chi connectivity index (χ2n) is 5.41. The predicted octanol–water partition coefficient (Wildman–Crippen LogP) is 3.43. The van der Waals surface area contributed by atoms with E-state index in [1.54, 1.807) is 0 Å². The summed E-state index contributed by atoms with van der Waals surface area (Å²) in [5, 5.41) is 0. The lowest BCUT2D eigenvalue weighted by Gasteiger charge is -2.46. The summed E-state index contributed by atoms with van der Waals surface area (Å²) in [6, 6.07) is 6.37. The third kappa shape index (κ3) is 2.02. The number of fused-ring (bicyclic) bond motifs is 1. The van der Waals surface area contributed by atoms with Gasteiger partial charge in [-0.05, 0) is 38.8 Å². The standard InChI is InChI=1S/C15H24N2O/c1-5-15(6-2)10-17(11(3)4)14-12(16)8-7-9-13(14)18-15/h7-9,11H,5-6,10,16H2,1-4H3. The van der Waals surface area contributed by atoms with E-state index in [1.807, 2.05) is 18.2 Å². The monoisotopic (exact) mass is 248 g/mol. The van der Waals surface area contributed by atoms with Gasteiger partial charge in [0.25, 0.3) is 0 Å². The molecule has 0 fully saturated rings. The van der Waals surface area contributed by atoms with Crippen molar-refractivity contribution in [3.05, 3.63) is 18.2 Å². The van der Waals surface area contributed by atoms with Crippen molar-refractivity contribution >= 4 is 11.4 Å². The van der Waals surface area contributed by atoms with Gasteiger partial charge in [0.05, 0.1) is 12.2 Å². The maximum atomic E-state index is 6.26. The van der Waals surface area contributed by atoms with Gasteiger partial charge in [0.2, 0.25) is 0 Å². The lowest BCUT2D eigenvalue weighted by Crippen LogP contribution is -2.52. The van der Waals surface area contributed by atoms with Crippen molar-refractivity contribution in [1.82, 2.24) is 0 Å². The first kappa shape index (κ1) is 13.1. The first-order valence-electron chi connectivity index (χ1n) is 6.87. The van der Waals surface area contributed by atoms with Crippen LogP contribution in [-0.2, 0) is 0 Å². The van der Waals surface area contributed by atoms with Crippen LogP contribution in [0.3, 0.4) is 0 Å². The minimum Gasteiger partial charge on any atom is -0.483 e. The van der Waals surface area contributed by atoms with E-state index in [4.69, 9.17) is 10.5 Å². The smallest absolute Gasteiger partial charge is 0.145 e. The van der Waals surface area contributed by atoms with Crippen LogP contribution in [0.1, 0.15) is 40.5 Å². The van der Waals surface area contributed by atoms with Crippen LogP contribution in [0.4, 0.5) is 11.4 Å². The molecule has 0 bridgehead atoms. The second kappa shape index (κ2) is 4.71. The van der Waals surface area contributed by atoms with E-state index >= 15 is 0 Å². The molecule has 0 radical (unpaired) electrons. The summed E-state index contributed by atoms with van der Waals surface area (Å²) in [6.07, 6.45) is 2.03. The first-order valence-corrected chi connectivity index (χ1v) is 6.87. The van der Waals surface area contributed by atoms with E-state index in [-0.39, 0.29) is 5.60 Å². The number of nitrogens with two attached hydrogens (primary N) is 1. The Kier molecular flexibility index (Phi) is 3.42. The van der Waals surface area contributed by atoms with Crippen LogP contribution < -0.4 is 15.4 Å². The van der Waals surface area contributed by atoms with Gasteiger partial charge in [0.15, 0.2) is 0 Å². The maximum Gasteiger partial charge on any atom is 0.145 e. The Bertz CT molecular complexity index is 425. The molecular weight excluding hydrogens is 224 g/mol. The van der Waals surface area contributed by atoms with E-state index in [0.29, 0.717) is 6.04 Å². The molecule has 1 heterocycles. The normalized spacial score (nSPS) is 17.5. The number of nitrogens with zero attached hydrogens (tertiary/aromatic N) is 1. The summed E-state index contributed by atoms with van der Waals surface area (Å²) in [5.74, 6) is 0.929. The number of para-hydroxylation sites is 1. The quantitative estimate of drug-likeness (QED) is 0.833. The van der Waals surface area contributed by atoms with Gasteiger partial charge in [-0.2, -0.15) is 0 Å². The minimum absolute atomic E-state index is 0.0783. The summed E-state index contributed by atoms with van der Waals surface area (Å²) < 4.78 is 6.26. The van der Waals surface area contributed by atoms with Crippen molar-refractivity contribution in [2.24, 2.45) is 0 Å². The third-order valence-corrected chi connectivity index (χ3v) is 4.01. The van der Waals surface area contributed by atoms with Crippen LogP contribution in [0.15, 0.2) is 18.2 Å². The van der Waals surface area contributed by atoms with Crippen molar-refractivity contribution in [3.63, 3.8) is 0 Å². The van der Waals surface area contributed by atoms with E-state index < -0.39 is 0 Å². The lowest BCUT2D eigenvalue weighted by molar-refractivity contribution is 0.0558. The first-order chi connectivity index (χ1) is 8.53. The van der Waals surface area contributed by atoms with Crippen molar-refractivity contribution in [1.29, 1.82) is 0 Å². The molecule has 1 aliphatic heterocycles. The molecule has 0 saturated heterocycles. The topological polar surface area (TPSA) is 38.5 Å². The summed E-state index contributed by atoms with van der Waals surface area (Å²) >= 11 is 0. The zero-order valence-electron chi connectivity index (χ0n) is 11.9. The molecule has 0 saturated carbocycles. The van der Waals surface area contributed by atoms with Crippen LogP contribution >= 0.6 is 0 Å². The van der Waals surface area contributed by atoms with Gasteiger partial charge < -0.3 is 15.4 Å². The highest BCUT2D eigenvalue weighted by molar-refractivity contribution is 5.76. The number of nitrogen functional groups attached to an aromatic ring is 1. The molecule has 1 aromatic carbocycles. The minimum atomic E-state index is -0.0783. The molecule has 100 valence electrons. The molecule has 0 atom stereocenters. The lowest BCUT2D eigenvalue weighted by atomic mass is 9.93. The summed E-state index contributed by atoms with van der Waals surface area (Å²) in [7, 11) is 0. The van der Waals surface area contributed by atoms with Crippen LogP contribution in [0.5, 0.6) is 5.75 Å². The van der Waals surface area contributed by atoms with Crippen molar-refractivity contribution in [2.75, 3.05) is 17.2 Å². The highest BCUT2D eigenvalue weighted by Crippen LogP contribution is 2.43. The molecule has 18 heavy (non-hydrogen) atoms. The van der Waals surface area contributed by atoms with Gasteiger partial charge in [0.1, 0.15) is 17.0 Å². The Morgan fingerprint density at radius 2 is 2.00 bits per heavy atom. The molecular formula is C15H24N2O. The van der Waals surface area contributed by atoms with Crippen LogP contribution in [-0.4, -0.2) is 18.2 Å². The number of hydrogen-bond donors (Lipinski definition) is 1. The molecule has 2 N–H and O–H groups in total. The van der Waals surface area contributed by atoms with Crippen molar-refractivity contribution < 1.29 is 4.74 Å². The second-order valence-corrected chi connectivity index (χ2v) is 5.41. The number of rotatable bonds is 3. The molecule has 1 aromatic rings. The molecule has 3 heteroatoms. The summed E-state index contributed by atoms with van der Waals surface area (Å²) in [5.41, 5.74) is 7.91. The fourth-order valence-electron chi connectivity index (χ4n) is 2.64. The molecule has 0 aliphatic carbocycles. The Balaban J connectivity index is 2.50. The van der Waals surface area contributed by atoms with Gasteiger partial charge in [0, 0.05) is 6.04 Å². The van der Waals surface area contributed by atoms with Gasteiger partial charge in [-0.1, -0.05) is 19.9 Å². The Hall–Kier alpha value is -1.38. The molecule has 0 amide bonds. The molecule has 1 aliphatic rings. The molecule has 0 unspecified atom stereocenters. The predicted molar refractivity (Wildman–Crippen MR) is 77.3 cm³/mol. The van der Waals surface area contributed by atoms with Crippen molar-refractivity contribution in [2.45, 2.75) is 52.2 Å². The van der Waals surface area contributed by atoms with E-state index in [2.05, 4.69) is 32.6 Å². The number of benzene rings is 1. The number of anilines is 2. The van der Waals surface area contributed by atoms with Crippen LogP contribution in [0.2, 0.25) is 0 Å². The SMILES string of the molecule is CCC1(CC)CN(C(C)C)c2c(N)cccc2O1. The fraction of sp³-hybridized carbons (Fsp3) is 0.600. The van der Waals surface area contributed by atoms with E-state index in [1.165, 1.54) is 0 Å². The van der Waals surface area contributed by atoms with Crippen molar-refractivity contribution in [3.8, 4) is 5.75 Å². The zero-order valence-corrected chi connectivity index (χ0v) is 11.9. The summed E-state index contributed by atoms with van der Waals surface area (Å²) in [4.78, 5) is 2.38. The third-order valence-electron chi connectivity index (χ3n) is 4.01. The largest absolute Gasteiger partial charge is 0.483 e. The highest BCUT2D eigenvalue weighted by Gasteiger charge is 2.38. The molecule has 0 aromatic heterocycles. The fourth-order valence-corrected chi connectivity index (χ4v) is 2.64. The average molecular weight is 248 g/mol. The maximum absolute atomic E-state index is 6.26. The average Bonchev–Trinajstić information content (AvgIpc) is 2.37. The van der Waals surface area contributed by atoms with Gasteiger partial charge in [-0.25, -0.2) is 0 Å². The zero-order chi connectivity index (χ0) is 13.3. The molecule has 3 nitrogen and oxygen atoms in total. The summed E-state index contributed by atoms with van der Waals surface area (Å²) in [6.45, 7) is 9.71. The Morgan fingerprint density at radius 3 is 2.56 bits per heavy atom. The molecule has 0 spiro atoms. The van der Waals surface area contributed by atoms with Crippen LogP contribution in [0, 0.1) is 0 Å². The molecule has 2 rings (SSSR count). The van der Waals surface area contributed by atoms with Gasteiger partial charge >= 0.3 is 0 Å². The number of hydrogen-bond acceptors (Lipinski definition) is 3. The Labute approximate surface area is 110 Å². The highest BCUT2D eigenvalue weighted by atomic mass is 16.5. The van der Waals surface area contributed by atoms with E-state index in [9.17, 15) is 0 Å². The van der Waals surface area contributed by atoms with Gasteiger partial charge in [-0.15, -0.1) is 0 Å². The Morgan fingerprint density at radius 1 is 1.33 bits per heavy atom. The van der Waals surface area contributed by atoms with Crippen LogP contribution in [0.25, 0.3) is 0 Å².